The number of ether oxygens (including phenoxy) is 2. The Bertz CT molecular complexity index is 700. The van der Waals surface area contributed by atoms with Crippen molar-refractivity contribution in [1.82, 2.24) is 0 Å². The van der Waals surface area contributed by atoms with Gasteiger partial charge in [-0.2, -0.15) is 0 Å². The summed E-state index contributed by atoms with van der Waals surface area (Å²) in [6.07, 6.45) is 0. The number of benzene rings is 2. The Kier molecular flexibility index (Phi) is 4.03. The van der Waals surface area contributed by atoms with Gasteiger partial charge >= 0.3 is 5.69 Å². The molecule has 0 atom stereocenters. The van der Waals surface area contributed by atoms with Gasteiger partial charge in [-0.05, 0) is 24.3 Å². The van der Waals surface area contributed by atoms with Gasteiger partial charge in [-0.1, -0.05) is 12.1 Å². The number of nitrogens with one attached hydrogen (secondary N) is 1. The van der Waals surface area contributed by atoms with Crippen LogP contribution in [0.1, 0.15) is 5.56 Å². The minimum Gasteiger partial charge on any atom is -0.496 e. The Hall–Kier alpha value is -3.09. The summed E-state index contributed by atoms with van der Waals surface area (Å²) in [6, 6.07) is 10.8. The van der Waals surface area contributed by atoms with Crippen LogP contribution in [-0.4, -0.2) is 17.9 Å². The van der Waals surface area contributed by atoms with E-state index in [9.17, 15) is 10.1 Å². The Morgan fingerprint density at radius 3 is 2.57 bits per heavy atom. The minimum atomic E-state index is -0.561. The first-order chi connectivity index (χ1) is 10.0. The highest BCUT2D eigenvalue weighted by Crippen LogP contribution is 2.35. The second kappa shape index (κ2) is 5.91. The predicted octanol–water partition coefficient (Wildman–Crippen LogP) is 2.68. The lowest BCUT2D eigenvalue weighted by molar-refractivity contribution is -0.385. The average molecular weight is 287 g/mol. The molecule has 0 saturated carbocycles. The quantitative estimate of drug-likeness (QED) is 0.380. The molecule has 0 aromatic heterocycles. The summed E-state index contributed by atoms with van der Waals surface area (Å²) in [4.78, 5) is 10.5. The third-order valence-electron chi connectivity index (χ3n) is 2.76. The van der Waals surface area contributed by atoms with E-state index in [1.807, 2.05) is 0 Å². The van der Waals surface area contributed by atoms with Crippen LogP contribution in [0.5, 0.6) is 17.2 Å². The molecule has 7 heteroatoms. The maximum atomic E-state index is 11.1. The van der Waals surface area contributed by atoms with Crippen LogP contribution >= 0.6 is 0 Å². The SMILES string of the molecule is COc1ccc(Oc2ccccc2C(=N)N)c([N+](=O)[O-])c1. The number of hydrogen-bond donors (Lipinski definition) is 2. The van der Waals surface area contributed by atoms with Crippen LogP contribution in [0.15, 0.2) is 42.5 Å². The van der Waals surface area contributed by atoms with E-state index in [1.165, 1.54) is 19.2 Å². The van der Waals surface area contributed by atoms with Crippen molar-refractivity contribution in [2.45, 2.75) is 0 Å². The van der Waals surface area contributed by atoms with E-state index >= 15 is 0 Å². The summed E-state index contributed by atoms with van der Waals surface area (Å²) in [5.41, 5.74) is 5.60. The van der Waals surface area contributed by atoms with Gasteiger partial charge in [0.05, 0.1) is 23.7 Å². The van der Waals surface area contributed by atoms with Crippen molar-refractivity contribution in [3.63, 3.8) is 0 Å². The maximum absolute atomic E-state index is 11.1. The van der Waals surface area contributed by atoms with E-state index in [4.69, 9.17) is 20.6 Å². The van der Waals surface area contributed by atoms with Crippen LogP contribution in [0, 0.1) is 15.5 Å². The Morgan fingerprint density at radius 2 is 1.95 bits per heavy atom. The average Bonchev–Trinajstić information content (AvgIpc) is 2.47. The molecule has 0 spiro atoms. The number of hydrogen-bond acceptors (Lipinski definition) is 5. The zero-order chi connectivity index (χ0) is 15.4. The number of amidine groups is 1. The van der Waals surface area contributed by atoms with E-state index in [0.717, 1.165) is 0 Å². The number of rotatable bonds is 5. The highest BCUT2D eigenvalue weighted by atomic mass is 16.6. The Labute approximate surface area is 120 Å². The van der Waals surface area contributed by atoms with Crippen LogP contribution in [0.4, 0.5) is 5.69 Å². The summed E-state index contributed by atoms with van der Waals surface area (Å²) in [5.74, 6) is 0.503. The fourth-order valence-corrected chi connectivity index (χ4v) is 1.75. The number of para-hydroxylation sites is 1. The smallest absolute Gasteiger partial charge is 0.315 e. The van der Waals surface area contributed by atoms with Crippen LogP contribution in [0.2, 0.25) is 0 Å². The molecule has 2 aromatic rings. The molecule has 21 heavy (non-hydrogen) atoms. The van der Waals surface area contributed by atoms with E-state index in [2.05, 4.69) is 0 Å². The second-order valence-electron chi connectivity index (χ2n) is 4.10. The largest absolute Gasteiger partial charge is 0.496 e. The first-order valence-electron chi connectivity index (χ1n) is 5.96. The van der Waals surface area contributed by atoms with E-state index in [1.54, 1.807) is 30.3 Å². The van der Waals surface area contributed by atoms with Gasteiger partial charge in [0.1, 0.15) is 17.3 Å². The fraction of sp³-hybridized carbons (Fsp3) is 0.0714. The number of nitro groups is 1. The third-order valence-corrected chi connectivity index (χ3v) is 2.76. The van der Waals surface area contributed by atoms with Gasteiger partial charge in [0.2, 0.25) is 5.75 Å². The number of nitrogens with two attached hydrogens (primary N) is 1. The summed E-state index contributed by atoms with van der Waals surface area (Å²) in [5, 5.41) is 18.6. The van der Waals surface area contributed by atoms with E-state index in [0.29, 0.717) is 11.3 Å². The molecule has 2 aromatic carbocycles. The standard InChI is InChI=1S/C14H13N3O4/c1-20-9-6-7-13(11(8-9)17(18)19)21-12-5-3-2-4-10(12)14(15)16/h2-8H,1H3,(H3,15,16). The molecule has 0 aliphatic heterocycles. The number of nitrogen functional groups attached to an aromatic ring is 1. The van der Waals surface area contributed by atoms with Gasteiger partial charge in [-0.3, -0.25) is 15.5 Å². The van der Waals surface area contributed by atoms with Crippen molar-refractivity contribution in [2.24, 2.45) is 5.73 Å². The molecule has 2 rings (SSSR count). The molecule has 108 valence electrons. The lowest BCUT2D eigenvalue weighted by Gasteiger charge is -2.10. The number of nitrogens with zero attached hydrogens (tertiary/aromatic N) is 1. The zero-order valence-corrected chi connectivity index (χ0v) is 11.2. The third kappa shape index (κ3) is 3.08. The van der Waals surface area contributed by atoms with Gasteiger partial charge in [-0.25, -0.2) is 0 Å². The molecule has 0 amide bonds. The molecule has 0 aliphatic carbocycles. The lowest BCUT2D eigenvalue weighted by atomic mass is 10.2. The van der Waals surface area contributed by atoms with Crippen LogP contribution in [0.25, 0.3) is 0 Å². The minimum absolute atomic E-state index is 0.0505. The molecule has 0 unspecified atom stereocenters. The molecule has 0 aliphatic rings. The normalized spacial score (nSPS) is 9.95. The molecule has 7 nitrogen and oxygen atoms in total. The van der Waals surface area contributed by atoms with Crippen molar-refractivity contribution >= 4 is 11.5 Å². The molecule has 0 heterocycles. The Balaban J connectivity index is 2.45. The van der Waals surface area contributed by atoms with E-state index in [-0.39, 0.29) is 23.0 Å². The van der Waals surface area contributed by atoms with Gasteiger partial charge in [0.25, 0.3) is 0 Å². The summed E-state index contributed by atoms with van der Waals surface area (Å²) in [6.45, 7) is 0. The molecule has 0 radical (unpaired) electrons. The van der Waals surface area contributed by atoms with Crippen molar-refractivity contribution in [3.05, 3.63) is 58.1 Å². The lowest BCUT2D eigenvalue weighted by Crippen LogP contribution is -2.12. The first-order valence-corrected chi connectivity index (χ1v) is 5.96. The van der Waals surface area contributed by atoms with Crippen molar-refractivity contribution in [3.8, 4) is 17.2 Å². The fourth-order valence-electron chi connectivity index (χ4n) is 1.75. The summed E-state index contributed by atoms with van der Waals surface area (Å²) < 4.78 is 10.5. The van der Waals surface area contributed by atoms with Crippen LogP contribution < -0.4 is 15.2 Å². The van der Waals surface area contributed by atoms with Gasteiger partial charge in [-0.15, -0.1) is 0 Å². The van der Waals surface area contributed by atoms with E-state index < -0.39 is 4.92 Å². The molecular formula is C14H13N3O4. The molecule has 3 N–H and O–H groups in total. The summed E-state index contributed by atoms with van der Waals surface area (Å²) >= 11 is 0. The number of nitro benzene ring substituents is 1. The summed E-state index contributed by atoms with van der Waals surface area (Å²) in [7, 11) is 1.42. The van der Waals surface area contributed by atoms with Gasteiger partial charge in [0.15, 0.2) is 0 Å². The second-order valence-corrected chi connectivity index (χ2v) is 4.10. The van der Waals surface area contributed by atoms with Crippen molar-refractivity contribution in [1.29, 1.82) is 5.41 Å². The number of methoxy groups -OCH3 is 1. The molecular weight excluding hydrogens is 274 g/mol. The van der Waals surface area contributed by atoms with Gasteiger partial charge < -0.3 is 15.2 Å². The molecule has 0 bridgehead atoms. The Morgan fingerprint density at radius 1 is 1.24 bits per heavy atom. The van der Waals surface area contributed by atoms with Gasteiger partial charge in [0, 0.05) is 0 Å². The topological polar surface area (TPSA) is 111 Å². The highest BCUT2D eigenvalue weighted by Gasteiger charge is 2.18. The predicted molar refractivity (Wildman–Crippen MR) is 77.2 cm³/mol. The van der Waals surface area contributed by atoms with Crippen molar-refractivity contribution in [2.75, 3.05) is 7.11 Å². The van der Waals surface area contributed by atoms with Crippen LogP contribution in [-0.2, 0) is 0 Å². The molecule has 0 saturated heterocycles. The van der Waals surface area contributed by atoms with Crippen molar-refractivity contribution < 1.29 is 14.4 Å². The molecule has 0 fully saturated rings. The highest BCUT2D eigenvalue weighted by molar-refractivity contribution is 5.97. The maximum Gasteiger partial charge on any atom is 0.315 e. The monoisotopic (exact) mass is 287 g/mol. The zero-order valence-electron chi connectivity index (χ0n) is 11.2. The first kappa shape index (κ1) is 14.3. The van der Waals surface area contributed by atoms with Crippen LogP contribution in [0.3, 0.4) is 0 Å².